The predicted octanol–water partition coefficient (Wildman–Crippen LogP) is 3.82. The highest BCUT2D eigenvalue weighted by Gasteiger charge is 2.64. The van der Waals surface area contributed by atoms with E-state index >= 15 is 0 Å². The summed E-state index contributed by atoms with van der Waals surface area (Å²) in [6, 6.07) is 0. The number of allylic oxidation sites excluding steroid dienone is 2. The number of carbonyl (C=O) groups is 3. The number of ether oxygens (including phenoxy) is 3. The van der Waals surface area contributed by atoms with E-state index in [2.05, 4.69) is 6.92 Å². The SMILES string of the molecule is CCC(C)C(OC(C)=O)C(C)C1=CC(=O)C2=C(OC3(C)CCC4OC(C(C)(C)O)CC[C@]4(C)C3[C@H]2O)C1=O. The Balaban J connectivity index is 1.67. The summed E-state index contributed by atoms with van der Waals surface area (Å²) >= 11 is 0. The fraction of sp³-hybridized carbons (Fsp3) is 0.767. The molecule has 0 spiro atoms. The molecule has 38 heavy (non-hydrogen) atoms. The Morgan fingerprint density at radius 1 is 1.21 bits per heavy atom. The van der Waals surface area contributed by atoms with Gasteiger partial charge in [0.15, 0.2) is 11.5 Å². The normalized spacial score (nSPS) is 37.7. The van der Waals surface area contributed by atoms with E-state index < -0.39 is 58.2 Å². The van der Waals surface area contributed by atoms with Crippen molar-refractivity contribution >= 4 is 17.5 Å². The summed E-state index contributed by atoms with van der Waals surface area (Å²) in [5.74, 6) is -2.41. The van der Waals surface area contributed by atoms with Crippen molar-refractivity contribution in [2.75, 3.05) is 0 Å². The van der Waals surface area contributed by atoms with Crippen molar-refractivity contribution in [3.8, 4) is 0 Å². The van der Waals surface area contributed by atoms with Crippen LogP contribution in [-0.2, 0) is 28.6 Å². The summed E-state index contributed by atoms with van der Waals surface area (Å²) in [5, 5.41) is 22.3. The first kappa shape index (κ1) is 29.0. The molecule has 7 unspecified atom stereocenters. The molecule has 212 valence electrons. The second-order valence-corrected chi connectivity index (χ2v) is 13.0. The van der Waals surface area contributed by atoms with Gasteiger partial charge in [-0.3, -0.25) is 14.4 Å². The minimum Gasteiger partial charge on any atom is -0.482 e. The molecule has 2 heterocycles. The third kappa shape index (κ3) is 4.66. The van der Waals surface area contributed by atoms with Crippen LogP contribution in [0.5, 0.6) is 0 Å². The van der Waals surface area contributed by atoms with Crippen LogP contribution < -0.4 is 0 Å². The van der Waals surface area contributed by atoms with Gasteiger partial charge >= 0.3 is 5.97 Å². The van der Waals surface area contributed by atoms with Crippen LogP contribution in [0.1, 0.15) is 87.5 Å². The van der Waals surface area contributed by atoms with Gasteiger partial charge in [0, 0.05) is 29.7 Å². The number of rotatable bonds is 6. The predicted molar refractivity (Wildman–Crippen MR) is 140 cm³/mol. The number of fused-ring (bicyclic) bond motifs is 3. The third-order valence-electron chi connectivity index (χ3n) is 9.77. The second kappa shape index (κ2) is 9.86. The first-order valence-corrected chi connectivity index (χ1v) is 14.0. The number of aliphatic hydroxyl groups excluding tert-OH is 1. The van der Waals surface area contributed by atoms with Crippen molar-refractivity contribution in [3.63, 3.8) is 0 Å². The molecular formula is C30H44O8. The Bertz CT molecular complexity index is 1070. The number of ketones is 2. The zero-order valence-electron chi connectivity index (χ0n) is 24.0. The minimum absolute atomic E-state index is 0.00693. The van der Waals surface area contributed by atoms with Crippen molar-refractivity contribution in [1.29, 1.82) is 0 Å². The number of hydrogen-bond acceptors (Lipinski definition) is 8. The minimum atomic E-state index is -1.19. The lowest BCUT2D eigenvalue weighted by atomic mass is 9.52. The summed E-state index contributed by atoms with van der Waals surface area (Å²) in [4.78, 5) is 39.1. The first-order valence-electron chi connectivity index (χ1n) is 14.0. The number of carbonyl (C=O) groups excluding carboxylic acids is 3. The van der Waals surface area contributed by atoms with Gasteiger partial charge in [-0.05, 0) is 58.4 Å². The Hall–Kier alpha value is -2.03. The average molecular weight is 533 g/mol. The Labute approximate surface area is 225 Å². The van der Waals surface area contributed by atoms with Crippen LogP contribution in [0, 0.1) is 23.2 Å². The summed E-state index contributed by atoms with van der Waals surface area (Å²) in [6.45, 7) is 14.5. The molecule has 0 bridgehead atoms. The van der Waals surface area contributed by atoms with Gasteiger partial charge in [-0.2, -0.15) is 0 Å². The highest BCUT2D eigenvalue weighted by Crippen LogP contribution is 2.59. The fourth-order valence-corrected chi connectivity index (χ4v) is 7.46. The van der Waals surface area contributed by atoms with E-state index in [-0.39, 0.29) is 35.0 Å². The Morgan fingerprint density at radius 2 is 1.87 bits per heavy atom. The van der Waals surface area contributed by atoms with Gasteiger partial charge < -0.3 is 24.4 Å². The maximum Gasteiger partial charge on any atom is 0.302 e. The molecule has 0 amide bonds. The van der Waals surface area contributed by atoms with Gasteiger partial charge in [-0.25, -0.2) is 0 Å². The fourth-order valence-electron chi connectivity index (χ4n) is 7.46. The average Bonchev–Trinajstić information content (AvgIpc) is 2.81. The topological polar surface area (TPSA) is 119 Å². The van der Waals surface area contributed by atoms with Gasteiger partial charge in [-0.15, -0.1) is 0 Å². The molecule has 0 aromatic rings. The molecule has 8 heteroatoms. The summed E-state index contributed by atoms with van der Waals surface area (Å²) in [7, 11) is 0. The highest BCUT2D eigenvalue weighted by atomic mass is 16.5. The molecule has 2 aliphatic carbocycles. The lowest BCUT2D eigenvalue weighted by Crippen LogP contribution is -2.66. The molecule has 0 radical (unpaired) electrons. The monoisotopic (exact) mass is 532 g/mol. The van der Waals surface area contributed by atoms with Crippen LogP contribution in [-0.4, -0.2) is 63.4 Å². The second-order valence-electron chi connectivity index (χ2n) is 13.0. The molecule has 2 aliphatic heterocycles. The first-order chi connectivity index (χ1) is 17.5. The van der Waals surface area contributed by atoms with Crippen LogP contribution in [0.3, 0.4) is 0 Å². The summed E-state index contributed by atoms with van der Waals surface area (Å²) in [5.41, 5.74) is -2.12. The molecule has 0 aromatic carbocycles. The number of hydrogen-bond donors (Lipinski definition) is 2. The Morgan fingerprint density at radius 3 is 2.45 bits per heavy atom. The van der Waals surface area contributed by atoms with Gasteiger partial charge in [0.1, 0.15) is 11.7 Å². The van der Waals surface area contributed by atoms with E-state index in [0.717, 1.165) is 6.42 Å². The summed E-state index contributed by atoms with van der Waals surface area (Å²) in [6.07, 6.45) is 2.21. The Kier molecular flexibility index (Phi) is 7.52. The van der Waals surface area contributed by atoms with E-state index in [9.17, 15) is 24.6 Å². The molecule has 4 rings (SSSR count). The van der Waals surface area contributed by atoms with E-state index in [1.807, 2.05) is 20.8 Å². The van der Waals surface area contributed by atoms with Gasteiger partial charge in [0.05, 0.1) is 29.5 Å². The quantitative estimate of drug-likeness (QED) is 0.391. The van der Waals surface area contributed by atoms with Gasteiger partial charge in [0.2, 0.25) is 5.78 Å². The van der Waals surface area contributed by atoms with E-state index in [0.29, 0.717) is 25.7 Å². The maximum absolute atomic E-state index is 13.8. The maximum atomic E-state index is 13.8. The van der Waals surface area contributed by atoms with Crippen LogP contribution in [0.2, 0.25) is 0 Å². The van der Waals surface area contributed by atoms with Gasteiger partial charge in [-0.1, -0.05) is 34.1 Å². The van der Waals surface area contributed by atoms with Crippen LogP contribution in [0.4, 0.5) is 0 Å². The van der Waals surface area contributed by atoms with Crippen LogP contribution in [0.25, 0.3) is 0 Å². The molecule has 4 aliphatic rings. The van der Waals surface area contributed by atoms with E-state index in [1.165, 1.54) is 13.0 Å². The lowest BCUT2D eigenvalue weighted by molar-refractivity contribution is -0.260. The molecule has 0 aromatic heterocycles. The molecule has 1 saturated carbocycles. The molecule has 2 fully saturated rings. The number of aliphatic hydroxyl groups is 2. The zero-order chi connectivity index (χ0) is 28.4. The number of esters is 1. The third-order valence-corrected chi connectivity index (χ3v) is 9.77. The zero-order valence-corrected chi connectivity index (χ0v) is 24.0. The van der Waals surface area contributed by atoms with E-state index in [4.69, 9.17) is 14.2 Å². The van der Waals surface area contributed by atoms with Crippen molar-refractivity contribution in [3.05, 3.63) is 23.0 Å². The summed E-state index contributed by atoms with van der Waals surface area (Å²) < 4.78 is 18.4. The number of Topliss-reactive ketones (excluding diaryl/α,β-unsaturated/α-hetero) is 1. The van der Waals surface area contributed by atoms with Crippen LogP contribution in [0.15, 0.2) is 23.0 Å². The molecule has 8 nitrogen and oxygen atoms in total. The highest BCUT2D eigenvalue weighted by molar-refractivity contribution is 6.22. The largest absolute Gasteiger partial charge is 0.482 e. The smallest absolute Gasteiger partial charge is 0.302 e. The van der Waals surface area contributed by atoms with Crippen molar-refractivity contribution in [2.24, 2.45) is 23.2 Å². The molecule has 2 N–H and O–H groups in total. The van der Waals surface area contributed by atoms with Gasteiger partial charge in [0.25, 0.3) is 0 Å². The van der Waals surface area contributed by atoms with E-state index in [1.54, 1.807) is 20.8 Å². The van der Waals surface area contributed by atoms with Crippen molar-refractivity contribution in [2.45, 2.75) is 123 Å². The molecular weight excluding hydrogens is 488 g/mol. The van der Waals surface area contributed by atoms with Crippen molar-refractivity contribution in [1.82, 2.24) is 0 Å². The lowest BCUT2D eigenvalue weighted by Gasteiger charge is -2.61. The van der Waals surface area contributed by atoms with Crippen molar-refractivity contribution < 1.29 is 38.8 Å². The standard InChI is InChI=1S/C30H44O8/c1-9-15(2)25(36-17(4)31)16(3)18-14-19(32)22-24(34)27-29(7)12-10-20(28(5,6)35)37-21(29)11-13-30(27,8)38-26(22)23(18)33/h14-16,20-21,24-25,27,34-35H,9-13H2,1-8H3/t15?,16?,20?,21?,24-,25?,27?,29-,30?/m0/s1. The van der Waals surface area contributed by atoms with Crippen LogP contribution >= 0.6 is 0 Å². The molecule has 1 saturated heterocycles. The molecule has 9 atom stereocenters.